The smallest absolute Gasteiger partial charge is 0.144 e. The Bertz CT molecular complexity index is 427. The molecule has 0 unspecified atom stereocenters. The first-order chi connectivity index (χ1) is 7.57. The minimum Gasteiger partial charge on any atom is -0.329 e. The summed E-state index contributed by atoms with van der Waals surface area (Å²) in [7, 11) is 0. The summed E-state index contributed by atoms with van der Waals surface area (Å²) >= 11 is 11.8. The van der Waals surface area contributed by atoms with E-state index in [2.05, 4.69) is 0 Å². The average molecular weight is 258 g/mol. The summed E-state index contributed by atoms with van der Waals surface area (Å²) in [4.78, 5) is 12.0. The van der Waals surface area contributed by atoms with Gasteiger partial charge >= 0.3 is 0 Å². The Kier molecular flexibility index (Phi) is 3.24. The molecule has 1 aliphatic rings. The molecule has 16 heavy (non-hydrogen) atoms. The highest BCUT2D eigenvalue weighted by atomic mass is 35.5. The largest absolute Gasteiger partial charge is 0.329 e. The number of carbonyl (C=O) groups excluding carboxylic acids is 1. The molecule has 0 atom stereocenters. The van der Waals surface area contributed by atoms with Gasteiger partial charge in [-0.1, -0.05) is 29.3 Å². The fraction of sp³-hybridized carbons (Fsp3) is 0.417. The Balaban J connectivity index is 2.12. The van der Waals surface area contributed by atoms with Crippen molar-refractivity contribution in [2.45, 2.75) is 19.3 Å². The van der Waals surface area contributed by atoms with Gasteiger partial charge in [-0.25, -0.2) is 0 Å². The number of ketones is 1. The monoisotopic (exact) mass is 257 g/mol. The van der Waals surface area contributed by atoms with E-state index in [1.165, 1.54) is 0 Å². The van der Waals surface area contributed by atoms with Crippen LogP contribution in [0.15, 0.2) is 18.2 Å². The van der Waals surface area contributed by atoms with Gasteiger partial charge in [-0.3, -0.25) is 4.79 Å². The number of Topliss-reactive ketones (excluding diaryl/α,β-unsaturated/α-hetero) is 1. The molecule has 1 aliphatic carbocycles. The van der Waals surface area contributed by atoms with Crippen molar-refractivity contribution in [2.75, 3.05) is 6.54 Å². The zero-order valence-electron chi connectivity index (χ0n) is 8.80. The maximum Gasteiger partial charge on any atom is 0.144 e. The molecule has 0 aliphatic heterocycles. The standard InChI is InChI=1S/C12H13Cl2NO/c13-9-2-1-8(10(14)6-9)5-11(16)12(7-15)3-4-12/h1-2,6H,3-5,7,15H2. The van der Waals surface area contributed by atoms with Crippen molar-refractivity contribution in [3.63, 3.8) is 0 Å². The second kappa shape index (κ2) is 4.36. The number of rotatable bonds is 4. The predicted molar refractivity (Wildman–Crippen MR) is 65.9 cm³/mol. The van der Waals surface area contributed by atoms with Gasteiger partial charge in [0.05, 0.1) is 0 Å². The lowest BCUT2D eigenvalue weighted by Gasteiger charge is -2.11. The molecule has 2 rings (SSSR count). The molecule has 1 fully saturated rings. The first-order valence-electron chi connectivity index (χ1n) is 5.25. The van der Waals surface area contributed by atoms with Crippen LogP contribution < -0.4 is 5.73 Å². The van der Waals surface area contributed by atoms with E-state index in [0.717, 1.165) is 18.4 Å². The molecule has 1 aromatic rings. The molecule has 2 nitrogen and oxygen atoms in total. The van der Waals surface area contributed by atoms with E-state index in [-0.39, 0.29) is 11.2 Å². The highest BCUT2D eigenvalue weighted by Gasteiger charge is 2.47. The average Bonchev–Trinajstić information content (AvgIpc) is 3.03. The Labute approximate surface area is 105 Å². The molecule has 0 amide bonds. The van der Waals surface area contributed by atoms with Gasteiger partial charge in [0.1, 0.15) is 5.78 Å². The van der Waals surface area contributed by atoms with E-state index in [4.69, 9.17) is 28.9 Å². The summed E-state index contributed by atoms with van der Waals surface area (Å²) < 4.78 is 0. The van der Waals surface area contributed by atoms with Crippen molar-refractivity contribution >= 4 is 29.0 Å². The molecule has 0 spiro atoms. The van der Waals surface area contributed by atoms with E-state index in [0.29, 0.717) is 23.0 Å². The highest BCUT2D eigenvalue weighted by molar-refractivity contribution is 6.35. The van der Waals surface area contributed by atoms with Crippen molar-refractivity contribution in [2.24, 2.45) is 11.1 Å². The minimum absolute atomic E-state index is 0.194. The fourth-order valence-corrected chi connectivity index (χ4v) is 2.25. The van der Waals surface area contributed by atoms with Gasteiger partial charge in [-0.15, -0.1) is 0 Å². The Hall–Kier alpha value is -0.570. The Morgan fingerprint density at radius 1 is 1.38 bits per heavy atom. The van der Waals surface area contributed by atoms with Gasteiger partial charge in [0.25, 0.3) is 0 Å². The molecule has 4 heteroatoms. The second-order valence-corrected chi connectivity index (χ2v) is 5.16. The summed E-state index contributed by atoms with van der Waals surface area (Å²) in [5, 5.41) is 1.13. The van der Waals surface area contributed by atoms with Crippen molar-refractivity contribution in [3.8, 4) is 0 Å². The Morgan fingerprint density at radius 3 is 2.56 bits per heavy atom. The lowest BCUT2D eigenvalue weighted by molar-refractivity contribution is -0.123. The first-order valence-corrected chi connectivity index (χ1v) is 6.00. The van der Waals surface area contributed by atoms with Crippen LogP contribution in [0.3, 0.4) is 0 Å². The lowest BCUT2D eigenvalue weighted by Crippen LogP contribution is -2.26. The summed E-state index contributed by atoms with van der Waals surface area (Å²) in [5.74, 6) is 0.194. The van der Waals surface area contributed by atoms with Gasteiger partial charge in [-0.05, 0) is 30.5 Å². The molecule has 0 bridgehead atoms. The van der Waals surface area contributed by atoms with Crippen molar-refractivity contribution < 1.29 is 4.79 Å². The first kappa shape index (κ1) is 11.9. The van der Waals surface area contributed by atoms with Crippen molar-refractivity contribution in [1.82, 2.24) is 0 Å². The van der Waals surface area contributed by atoms with E-state index < -0.39 is 0 Å². The lowest BCUT2D eigenvalue weighted by atomic mass is 9.95. The van der Waals surface area contributed by atoms with E-state index >= 15 is 0 Å². The van der Waals surface area contributed by atoms with Crippen molar-refractivity contribution in [3.05, 3.63) is 33.8 Å². The van der Waals surface area contributed by atoms with E-state index in [1.807, 2.05) is 0 Å². The number of carbonyl (C=O) groups is 1. The number of hydrogen-bond acceptors (Lipinski definition) is 2. The number of halogens is 2. The van der Waals surface area contributed by atoms with E-state index in [1.54, 1.807) is 18.2 Å². The van der Waals surface area contributed by atoms with Crippen LogP contribution in [-0.4, -0.2) is 12.3 Å². The molecule has 2 N–H and O–H groups in total. The molecule has 0 saturated heterocycles. The van der Waals surface area contributed by atoms with Crippen LogP contribution in [-0.2, 0) is 11.2 Å². The maximum atomic E-state index is 12.0. The highest BCUT2D eigenvalue weighted by Crippen LogP contribution is 2.46. The number of hydrogen-bond donors (Lipinski definition) is 1. The molecule has 1 aromatic carbocycles. The zero-order chi connectivity index (χ0) is 11.8. The maximum absolute atomic E-state index is 12.0. The zero-order valence-corrected chi connectivity index (χ0v) is 10.3. The number of nitrogens with two attached hydrogens (primary N) is 1. The van der Waals surface area contributed by atoms with Crippen LogP contribution in [0.4, 0.5) is 0 Å². The van der Waals surface area contributed by atoms with Crippen LogP contribution in [0.1, 0.15) is 18.4 Å². The van der Waals surface area contributed by atoms with Crippen molar-refractivity contribution in [1.29, 1.82) is 0 Å². The normalized spacial score (nSPS) is 17.2. The molecule has 86 valence electrons. The van der Waals surface area contributed by atoms with E-state index in [9.17, 15) is 4.79 Å². The fourth-order valence-electron chi connectivity index (χ4n) is 1.77. The van der Waals surface area contributed by atoms with Gasteiger partial charge in [0.2, 0.25) is 0 Å². The minimum atomic E-state index is -0.261. The molecule has 0 heterocycles. The third-order valence-electron chi connectivity index (χ3n) is 3.20. The van der Waals surface area contributed by atoms with Crippen LogP contribution in [0.2, 0.25) is 10.0 Å². The van der Waals surface area contributed by atoms with Gasteiger partial charge in [0.15, 0.2) is 0 Å². The Morgan fingerprint density at radius 2 is 2.06 bits per heavy atom. The van der Waals surface area contributed by atoms with Crippen LogP contribution >= 0.6 is 23.2 Å². The van der Waals surface area contributed by atoms with Crippen LogP contribution in [0.25, 0.3) is 0 Å². The molecular formula is C12H13Cl2NO. The topological polar surface area (TPSA) is 43.1 Å². The summed E-state index contributed by atoms with van der Waals surface area (Å²) in [6.45, 7) is 0.442. The molecule has 1 saturated carbocycles. The molecular weight excluding hydrogens is 245 g/mol. The summed E-state index contributed by atoms with van der Waals surface area (Å²) in [5.41, 5.74) is 6.18. The van der Waals surface area contributed by atoms with Gasteiger partial charge in [-0.2, -0.15) is 0 Å². The van der Waals surface area contributed by atoms with Gasteiger partial charge < -0.3 is 5.73 Å². The molecule has 0 aromatic heterocycles. The second-order valence-electron chi connectivity index (χ2n) is 4.32. The molecule has 0 radical (unpaired) electrons. The summed E-state index contributed by atoms with van der Waals surface area (Å²) in [6, 6.07) is 5.21. The third-order valence-corrected chi connectivity index (χ3v) is 3.79. The van der Waals surface area contributed by atoms with Crippen LogP contribution in [0, 0.1) is 5.41 Å². The third kappa shape index (κ3) is 2.24. The van der Waals surface area contributed by atoms with Gasteiger partial charge in [0, 0.05) is 28.4 Å². The van der Waals surface area contributed by atoms with Crippen LogP contribution in [0.5, 0.6) is 0 Å². The number of benzene rings is 1. The SMILES string of the molecule is NCC1(C(=O)Cc2ccc(Cl)cc2Cl)CC1. The summed E-state index contributed by atoms with van der Waals surface area (Å²) in [6.07, 6.45) is 2.17. The quantitative estimate of drug-likeness (QED) is 0.902. The predicted octanol–water partition coefficient (Wildman–Crippen LogP) is 2.84.